The van der Waals surface area contributed by atoms with Crippen LogP contribution in [-0.4, -0.2) is 44.5 Å². The van der Waals surface area contributed by atoms with Crippen LogP contribution in [0.2, 0.25) is 0 Å². The molecule has 0 spiro atoms. The van der Waals surface area contributed by atoms with Crippen LogP contribution >= 0.6 is 11.3 Å². The number of ether oxygens (including phenoxy) is 2. The minimum atomic E-state index is -0.114. The summed E-state index contributed by atoms with van der Waals surface area (Å²) in [5.74, 6) is 1.60. The predicted molar refractivity (Wildman–Crippen MR) is 126 cm³/mol. The molecule has 0 fully saturated rings. The molecule has 4 aromatic rings. The number of nitrogens with zero attached hydrogens (tertiary/aromatic N) is 5. The van der Waals surface area contributed by atoms with Crippen molar-refractivity contribution in [1.29, 1.82) is 0 Å². The van der Waals surface area contributed by atoms with Gasteiger partial charge in [-0.1, -0.05) is 24.3 Å². The van der Waals surface area contributed by atoms with Crippen LogP contribution in [-0.2, 0) is 13.1 Å². The number of carbonyl (C=O) groups excluding carboxylic acids is 1. The molecule has 0 N–H and O–H groups in total. The molecule has 1 amide bonds. The van der Waals surface area contributed by atoms with Crippen molar-refractivity contribution in [3.8, 4) is 17.4 Å². The summed E-state index contributed by atoms with van der Waals surface area (Å²) in [6.07, 6.45) is 1.58. The largest absolute Gasteiger partial charge is 0.496 e. The van der Waals surface area contributed by atoms with Gasteiger partial charge >= 0.3 is 0 Å². The molecule has 170 valence electrons. The molecule has 0 unspecified atom stereocenters. The van der Waals surface area contributed by atoms with Gasteiger partial charge in [-0.2, -0.15) is 5.10 Å². The van der Waals surface area contributed by atoms with E-state index < -0.39 is 0 Å². The molecule has 8 nitrogen and oxygen atoms in total. The van der Waals surface area contributed by atoms with Gasteiger partial charge in [-0.05, 0) is 37.4 Å². The Morgan fingerprint density at radius 1 is 1.09 bits per heavy atom. The molecular weight excluding hydrogens is 438 g/mol. The van der Waals surface area contributed by atoms with Crippen molar-refractivity contribution in [2.24, 2.45) is 0 Å². The number of amides is 1. The Balaban J connectivity index is 1.63. The molecule has 0 saturated carbocycles. The SMILES string of the molecule is CCOc1ccc(-n2ncc(C(=O)N(Cc3cccs3)Cc3ccccc3OC)c2C)nn1. The van der Waals surface area contributed by atoms with Crippen molar-refractivity contribution in [2.75, 3.05) is 13.7 Å². The smallest absolute Gasteiger partial charge is 0.257 e. The van der Waals surface area contributed by atoms with E-state index in [1.165, 1.54) is 0 Å². The fourth-order valence-corrected chi connectivity index (χ4v) is 4.22. The van der Waals surface area contributed by atoms with E-state index in [1.807, 2.05) is 60.5 Å². The summed E-state index contributed by atoms with van der Waals surface area (Å²) in [5.41, 5.74) is 2.14. The summed E-state index contributed by atoms with van der Waals surface area (Å²) in [4.78, 5) is 16.6. The summed E-state index contributed by atoms with van der Waals surface area (Å²) in [6, 6.07) is 15.2. The maximum atomic E-state index is 13.7. The molecule has 4 rings (SSSR count). The molecule has 0 aliphatic carbocycles. The highest BCUT2D eigenvalue weighted by molar-refractivity contribution is 7.09. The topological polar surface area (TPSA) is 82.4 Å². The van der Waals surface area contributed by atoms with Crippen LogP contribution in [0.5, 0.6) is 11.6 Å². The Labute approximate surface area is 196 Å². The first-order chi connectivity index (χ1) is 16.1. The maximum absolute atomic E-state index is 13.7. The van der Waals surface area contributed by atoms with Gasteiger partial charge in [-0.25, -0.2) is 4.68 Å². The third kappa shape index (κ3) is 5.04. The second-order valence-corrected chi connectivity index (χ2v) is 8.30. The van der Waals surface area contributed by atoms with Crippen molar-refractivity contribution < 1.29 is 14.3 Å². The molecular formula is C24H25N5O3S. The van der Waals surface area contributed by atoms with Gasteiger partial charge in [-0.3, -0.25) is 4.79 Å². The third-order valence-corrected chi connectivity index (χ3v) is 6.00. The van der Waals surface area contributed by atoms with E-state index in [-0.39, 0.29) is 5.91 Å². The Hall–Kier alpha value is -3.72. The van der Waals surface area contributed by atoms with Crippen LogP contribution in [0.1, 0.15) is 33.4 Å². The Bertz CT molecular complexity index is 1210. The number of para-hydroxylation sites is 1. The molecule has 9 heteroatoms. The summed E-state index contributed by atoms with van der Waals surface area (Å²) in [7, 11) is 1.64. The van der Waals surface area contributed by atoms with Crippen molar-refractivity contribution in [3.05, 3.63) is 81.8 Å². The average molecular weight is 464 g/mol. The van der Waals surface area contributed by atoms with Gasteiger partial charge in [0.2, 0.25) is 5.88 Å². The van der Waals surface area contributed by atoms with E-state index in [0.29, 0.717) is 42.7 Å². The molecule has 0 radical (unpaired) electrons. The number of hydrogen-bond donors (Lipinski definition) is 0. The monoisotopic (exact) mass is 463 g/mol. The first kappa shape index (κ1) is 22.5. The molecule has 0 bridgehead atoms. The number of carbonyl (C=O) groups is 1. The molecule has 0 saturated heterocycles. The summed E-state index contributed by atoms with van der Waals surface area (Å²) >= 11 is 1.62. The van der Waals surface area contributed by atoms with E-state index in [9.17, 15) is 4.79 Å². The lowest BCUT2D eigenvalue weighted by Crippen LogP contribution is -2.30. The summed E-state index contributed by atoms with van der Waals surface area (Å²) in [6.45, 7) is 5.15. The van der Waals surface area contributed by atoms with E-state index in [2.05, 4.69) is 15.3 Å². The lowest BCUT2D eigenvalue weighted by Gasteiger charge is -2.23. The lowest BCUT2D eigenvalue weighted by atomic mass is 10.1. The highest BCUT2D eigenvalue weighted by Crippen LogP contribution is 2.24. The number of aromatic nitrogens is 4. The van der Waals surface area contributed by atoms with Crippen LogP contribution in [0.15, 0.2) is 60.1 Å². The van der Waals surface area contributed by atoms with Crippen LogP contribution in [0.4, 0.5) is 0 Å². The second-order valence-electron chi connectivity index (χ2n) is 7.27. The van der Waals surface area contributed by atoms with Gasteiger partial charge in [0.05, 0.1) is 44.3 Å². The molecule has 3 heterocycles. The number of methoxy groups -OCH3 is 1. The maximum Gasteiger partial charge on any atom is 0.257 e. The molecule has 33 heavy (non-hydrogen) atoms. The standard InChI is InChI=1S/C24H25N5O3S/c1-4-32-23-12-11-22(26-27-23)29-17(2)20(14-25-29)24(30)28(16-19-9-7-13-33-19)15-18-8-5-6-10-21(18)31-3/h5-14H,4,15-16H2,1-3H3. The van der Waals surface area contributed by atoms with Crippen LogP contribution in [0, 0.1) is 6.92 Å². The lowest BCUT2D eigenvalue weighted by molar-refractivity contribution is 0.0730. The minimum absolute atomic E-state index is 0.114. The average Bonchev–Trinajstić information content (AvgIpc) is 3.49. The van der Waals surface area contributed by atoms with Crippen LogP contribution in [0.25, 0.3) is 5.82 Å². The number of rotatable bonds is 9. The Morgan fingerprint density at radius 3 is 2.64 bits per heavy atom. The second kappa shape index (κ2) is 10.3. The van der Waals surface area contributed by atoms with Gasteiger partial charge in [0.1, 0.15) is 5.75 Å². The van der Waals surface area contributed by atoms with Gasteiger partial charge in [0.25, 0.3) is 5.91 Å². The summed E-state index contributed by atoms with van der Waals surface area (Å²) in [5, 5.41) is 14.7. The highest BCUT2D eigenvalue weighted by atomic mass is 32.1. The van der Waals surface area contributed by atoms with Crippen LogP contribution < -0.4 is 9.47 Å². The number of hydrogen-bond acceptors (Lipinski definition) is 7. The minimum Gasteiger partial charge on any atom is -0.496 e. The van der Waals surface area contributed by atoms with Gasteiger partial charge in [-0.15, -0.1) is 21.5 Å². The first-order valence-electron chi connectivity index (χ1n) is 10.6. The van der Waals surface area contributed by atoms with Gasteiger partial charge in [0.15, 0.2) is 5.82 Å². The van der Waals surface area contributed by atoms with Crippen molar-refractivity contribution >= 4 is 17.2 Å². The summed E-state index contributed by atoms with van der Waals surface area (Å²) < 4.78 is 12.5. The Kier molecular flexibility index (Phi) is 6.99. The van der Waals surface area contributed by atoms with Gasteiger partial charge < -0.3 is 14.4 Å². The quantitative estimate of drug-likeness (QED) is 0.368. The van der Waals surface area contributed by atoms with Crippen molar-refractivity contribution in [3.63, 3.8) is 0 Å². The molecule has 3 aromatic heterocycles. The zero-order valence-electron chi connectivity index (χ0n) is 18.8. The zero-order valence-corrected chi connectivity index (χ0v) is 19.6. The third-order valence-electron chi connectivity index (χ3n) is 5.14. The zero-order chi connectivity index (χ0) is 23.2. The van der Waals surface area contributed by atoms with E-state index in [4.69, 9.17) is 9.47 Å². The van der Waals surface area contributed by atoms with Crippen molar-refractivity contribution in [2.45, 2.75) is 26.9 Å². The Morgan fingerprint density at radius 2 is 1.94 bits per heavy atom. The van der Waals surface area contributed by atoms with E-state index in [1.54, 1.807) is 41.5 Å². The van der Waals surface area contributed by atoms with E-state index in [0.717, 1.165) is 16.2 Å². The molecule has 0 aliphatic rings. The van der Waals surface area contributed by atoms with Crippen LogP contribution in [0.3, 0.4) is 0 Å². The van der Waals surface area contributed by atoms with E-state index >= 15 is 0 Å². The normalized spacial score (nSPS) is 10.8. The number of benzene rings is 1. The fourth-order valence-electron chi connectivity index (χ4n) is 3.50. The first-order valence-corrected chi connectivity index (χ1v) is 11.4. The highest BCUT2D eigenvalue weighted by Gasteiger charge is 2.23. The fraction of sp³-hybridized carbons (Fsp3) is 0.250. The predicted octanol–water partition coefficient (Wildman–Crippen LogP) is 4.28. The van der Waals surface area contributed by atoms with Crippen molar-refractivity contribution in [1.82, 2.24) is 24.9 Å². The van der Waals surface area contributed by atoms with Gasteiger partial charge in [0, 0.05) is 16.5 Å². The molecule has 0 atom stereocenters. The molecule has 0 aliphatic heterocycles. The molecule has 1 aromatic carbocycles. The number of thiophene rings is 1.